The van der Waals surface area contributed by atoms with E-state index in [9.17, 15) is 0 Å². The minimum absolute atomic E-state index is 0.262. The SMILES string of the molecule is C=C(C)C(NCCC)C1CN(CC)CCO1. The monoisotopic (exact) mass is 226 g/mol. The Balaban J connectivity index is 2.52. The van der Waals surface area contributed by atoms with Gasteiger partial charge in [0.2, 0.25) is 0 Å². The molecule has 16 heavy (non-hydrogen) atoms. The topological polar surface area (TPSA) is 24.5 Å². The number of ether oxygens (including phenoxy) is 1. The molecule has 0 aromatic carbocycles. The van der Waals surface area contributed by atoms with E-state index in [1.165, 1.54) is 5.57 Å². The fraction of sp³-hybridized carbons (Fsp3) is 0.846. The van der Waals surface area contributed by atoms with Crippen LogP contribution in [-0.4, -0.2) is 49.8 Å². The lowest BCUT2D eigenvalue weighted by molar-refractivity contribution is -0.0387. The molecule has 1 aliphatic rings. The summed E-state index contributed by atoms with van der Waals surface area (Å²) in [5.74, 6) is 0. The maximum atomic E-state index is 5.87. The molecular weight excluding hydrogens is 200 g/mol. The van der Waals surface area contributed by atoms with Gasteiger partial charge in [0.05, 0.1) is 18.8 Å². The minimum atomic E-state index is 0.262. The summed E-state index contributed by atoms with van der Waals surface area (Å²) in [5, 5.41) is 3.53. The predicted octanol–water partition coefficient (Wildman–Crippen LogP) is 1.65. The third kappa shape index (κ3) is 3.89. The molecule has 1 fully saturated rings. The van der Waals surface area contributed by atoms with Crippen molar-refractivity contribution in [2.24, 2.45) is 0 Å². The van der Waals surface area contributed by atoms with Gasteiger partial charge in [-0.3, -0.25) is 4.90 Å². The molecule has 1 saturated heterocycles. The van der Waals surface area contributed by atoms with Gasteiger partial charge < -0.3 is 10.1 Å². The summed E-state index contributed by atoms with van der Waals surface area (Å²) in [6.45, 7) is 15.6. The molecule has 0 aliphatic carbocycles. The maximum Gasteiger partial charge on any atom is 0.0893 e. The van der Waals surface area contributed by atoms with Crippen LogP contribution in [0.15, 0.2) is 12.2 Å². The molecule has 1 aliphatic heterocycles. The quantitative estimate of drug-likeness (QED) is 0.697. The van der Waals surface area contributed by atoms with Crippen molar-refractivity contribution in [3.05, 3.63) is 12.2 Å². The third-order valence-electron chi connectivity index (χ3n) is 3.14. The van der Waals surface area contributed by atoms with E-state index in [2.05, 4.69) is 37.6 Å². The summed E-state index contributed by atoms with van der Waals surface area (Å²) in [6, 6.07) is 0.300. The first kappa shape index (κ1) is 13.7. The number of likely N-dealkylation sites (N-methyl/N-ethyl adjacent to an activating group) is 1. The minimum Gasteiger partial charge on any atom is -0.374 e. The van der Waals surface area contributed by atoms with Crippen molar-refractivity contribution < 1.29 is 4.74 Å². The second-order valence-corrected chi connectivity index (χ2v) is 4.58. The van der Waals surface area contributed by atoms with Crippen molar-refractivity contribution >= 4 is 0 Å². The highest BCUT2D eigenvalue weighted by molar-refractivity contribution is 5.06. The van der Waals surface area contributed by atoms with Crippen LogP contribution < -0.4 is 5.32 Å². The molecule has 1 heterocycles. The van der Waals surface area contributed by atoms with Gasteiger partial charge in [0.25, 0.3) is 0 Å². The van der Waals surface area contributed by atoms with Crippen LogP contribution in [0, 0.1) is 0 Å². The van der Waals surface area contributed by atoms with Gasteiger partial charge in [0, 0.05) is 13.1 Å². The Morgan fingerprint density at radius 1 is 1.56 bits per heavy atom. The molecule has 2 unspecified atom stereocenters. The van der Waals surface area contributed by atoms with E-state index in [0.717, 1.165) is 39.2 Å². The molecule has 1 N–H and O–H groups in total. The zero-order valence-corrected chi connectivity index (χ0v) is 11.0. The van der Waals surface area contributed by atoms with Crippen LogP contribution in [0.2, 0.25) is 0 Å². The summed E-state index contributed by atoms with van der Waals surface area (Å²) >= 11 is 0. The van der Waals surface area contributed by atoms with Crippen molar-refractivity contribution in [2.45, 2.75) is 39.3 Å². The van der Waals surface area contributed by atoms with E-state index in [-0.39, 0.29) is 6.10 Å². The Kier molecular flexibility index (Phi) is 6.03. The molecule has 94 valence electrons. The lowest BCUT2D eigenvalue weighted by Crippen LogP contribution is -2.52. The number of nitrogens with one attached hydrogen (secondary N) is 1. The highest BCUT2D eigenvalue weighted by atomic mass is 16.5. The second-order valence-electron chi connectivity index (χ2n) is 4.58. The molecule has 0 saturated carbocycles. The number of rotatable bonds is 6. The Hall–Kier alpha value is -0.380. The van der Waals surface area contributed by atoms with Crippen molar-refractivity contribution in [1.82, 2.24) is 10.2 Å². The predicted molar refractivity (Wildman–Crippen MR) is 68.7 cm³/mol. The van der Waals surface area contributed by atoms with E-state index in [1.807, 2.05) is 0 Å². The molecule has 1 rings (SSSR count). The fourth-order valence-electron chi connectivity index (χ4n) is 2.14. The molecule has 3 nitrogen and oxygen atoms in total. The van der Waals surface area contributed by atoms with Crippen molar-refractivity contribution in [3.63, 3.8) is 0 Å². The number of morpholine rings is 1. The number of hydrogen-bond donors (Lipinski definition) is 1. The smallest absolute Gasteiger partial charge is 0.0893 e. The summed E-state index contributed by atoms with van der Waals surface area (Å²) in [6.07, 6.45) is 1.41. The molecule has 0 aromatic heterocycles. The second kappa shape index (κ2) is 7.05. The van der Waals surface area contributed by atoms with Crippen LogP contribution in [0.1, 0.15) is 27.2 Å². The first-order valence-electron chi connectivity index (χ1n) is 6.41. The van der Waals surface area contributed by atoms with Gasteiger partial charge in [-0.15, -0.1) is 0 Å². The van der Waals surface area contributed by atoms with Gasteiger partial charge in [0.15, 0.2) is 0 Å². The lowest BCUT2D eigenvalue weighted by atomic mass is 10.0. The van der Waals surface area contributed by atoms with Crippen molar-refractivity contribution in [2.75, 3.05) is 32.8 Å². The third-order valence-corrected chi connectivity index (χ3v) is 3.14. The van der Waals surface area contributed by atoms with Crippen LogP contribution in [0.4, 0.5) is 0 Å². The van der Waals surface area contributed by atoms with Gasteiger partial charge in [-0.25, -0.2) is 0 Å². The van der Waals surface area contributed by atoms with Crippen LogP contribution in [0.25, 0.3) is 0 Å². The van der Waals surface area contributed by atoms with Crippen LogP contribution in [0.3, 0.4) is 0 Å². The van der Waals surface area contributed by atoms with Gasteiger partial charge in [-0.2, -0.15) is 0 Å². The first-order valence-corrected chi connectivity index (χ1v) is 6.41. The number of nitrogens with zero attached hydrogens (tertiary/aromatic N) is 1. The van der Waals surface area contributed by atoms with Gasteiger partial charge in [-0.1, -0.05) is 26.0 Å². The van der Waals surface area contributed by atoms with Gasteiger partial charge >= 0.3 is 0 Å². The maximum absolute atomic E-state index is 5.87. The average Bonchev–Trinajstić information content (AvgIpc) is 2.29. The van der Waals surface area contributed by atoms with E-state index < -0.39 is 0 Å². The van der Waals surface area contributed by atoms with Gasteiger partial charge in [-0.05, 0) is 26.4 Å². The van der Waals surface area contributed by atoms with E-state index in [4.69, 9.17) is 4.74 Å². The Labute approximate surface area is 99.8 Å². The van der Waals surface area contributed by atoms with Crippen molar-refractivity contribution in [3.8, 4) is 0 Å². The average molecular weight is 226 g/mol. The molecule has 2 atom stereocenters. The van der Waals surface area contributed by atoms with Crippen molar-refractivity contribution in [1.29, 1.82) is 0 Å². The lowest BCUT2D eigenvalue weighted by Gasteiger charge is -2.37. The van der Waals surface area contributed by atoms with E-state index in [1.54, 1.807) is 0 Å². The van der Waals surface area contributed by atoms with E-state index >= 15 is 0 Å². The molecule has 3 heteroatoms. The first-order chi connectivity index (χ1) is 7.69. The molecule has 0 bridgehead atoms. The summed E-state index contributed by atoms with van der Waals surface area (Å²) in [4.78, 5) is 2.44. The van der Waals surface area contributed by atoms with Crippen LogP contribution in [-0.2, 0) is 4.74 Å². The standard InChI is InChI=1S/C13H26N2O/c1-5-7-14-13(11(3)4)12-10-15(6-2)8-9-16-12/h12-14H,3,5-10H2,1-2,4H3. The Morgan fingerprint density at radius 2 is 2.31 bits per heavy atom. The zero-order chi connectivity index (χ0) is 12.0. The zero-order valence-electron chi connectivity index (χ0n) is 11.0. The molecule has 0 amide bonds. The Bertz CT molecular complexity index is 218. The Morgan fingerprint density at radius 3 is 2.88 bits per heavy atom. The normalized spacial score (nSPS) is 24.3. The summed E-state index contributed by atoms with van der Waals surface area (Å²) in [7, 11) is 0. The molecular formula is C13H26N2O. The van der Waals surface area contributed by atoms with E-state index in [0.29, 0.717) is 6.04 Å². The fourth-order valence-corrected chi connectivity index (χ4v) is 2.14. The molecule has 0 spiro atoms. The van der Waals surface area contributed by atoms with Crippen LogP contribution in [0.5, 0.6) is 0 Å². The summed E-state index contributed by atoms with van der Waals surface area (Å²) in [5.41, 5.74) is 1.18. The molecule has 0 aromatic rings. The van der Waals surface area contributed by atoms with Gasteiger partial charge in [0.1, 0.15) is 0 Å². The molecule has 0 radical (unpaired) electrons. The highest BCUT2D eigenvalue weighted by Crippen LogP contribution is 2.13. The van der Waals surface area contributed by atoms with Crippen LogP contribution >= 0.6 is 0 Å². The number of hydrogen-bond acceptors (Lipinski definition) is 3. The summed E-state index contributed by atoms with van der Waals surface area (Å²) < 4.78 is 5.87. The largest absolute Gasteiger partial charge is 0.374 e. The highest BCUT2D eigenvalue weighted by Gasteiger charge is 2.27.